The van der Waals surface area contributed by atoms with E-state index >= 15 is 0 Å². The number of benzene rings is 3. The molecule has 0 aliphatic carbocycles. The SMILES string of the molecule is F/C(=C\c1ccc2ccccc2c1)c1ccc(Br)cc1. The second-order valence-electron chi connectivity index (χ2n) is 4.61. The molecule has 0 aromatic heterocycles. The Bertz CT molecular complexity index is 773. The molecule has 0 amide bonds. The lowest BCUT2D eigenvalue weighted by Crippen LogP contribution is -1.80. The van der Waals surface area contributed by atoms with Crippen LogP contribution in [0.2, 0.25) is 0 Å². The van der Waals surface area contributed by atoms with Crippen molar-refractivity contribution in [3.63, 3.8) is 0 Å². The van der Waals surface area contributed by atoms with E-state index in [1.165, 1.54) is 0 Å². The van der Waals surface area contributed by atoms with Crippen LogP contribution in [0.4, 0.5) is 4.39 Å². The van der Waals surface area contributed by atoms with Crippen LogP contribution in [0.25, 0.3) is 22.7 Å². The van der Waals surface area contributed by atoms with Gasteiger partial charge in [-0.1, -0.05) is 64.5 Å². The van der Waals surface area contributed by atoms with Crippen molar-refractivity contribution >= 4 is 38.6 Å². The van der Waals surface area contributed by atoms with E-state index in [1.807, 2.05) is 54.6 Å². The van der Waals surface area contributed by atoms with Gasteiger partial charge < -0.3 is 0 Å². The van der Waals surface area contributed by atoms with E-state index in [0.29, 0.717) is 5.56 Å². The van der Waals surface area contributed by atoms with Gasteiger partial charge in [-0.15, -0.1) is 0 Å². The lowest BCUT2D eigenvalue weighted by Gasteiger charge is -2.01. The molecule has 20 heavy (non-hydrogen) atoms. The predicted octanol–water partition coefficient (Wildman–Crippen LogP) is 6.07. The number of rotatable bonds is 2. The van der Waals surface area contributed by atoms with Crippen molar-refractivity contribution in [3.05, 3.63) is 82.3 Å². The van der Waals surface area contributed by atoms with Crippen molar-refractivity contribution in [2.24, 2.45) is 0 Å². The van der Waals surface area contributed by atoms with Crippen molar-refractivity contribution in [3.8, 4) is 0 Å². The van der Waals surface area contributed by atoms with Crippen LogP contribution >= 0.6 is 15.9 Å². The van der Waals surface area contributed by atoms with Gasteiger partial charge in [0.15, 0.2) is 0 Å². The van der Waals surface area contributed by atoms with Gasteiger partial charge in [-0.2, -0.15) is 0 Å². The van der Waals surface area contributed by atoms with E-state index in [4.69, 9.17) is 0 Å². The van der Waals surface area contributed by atoms with Gasteiger partial charge in [-0.25, -0.2) is 4.39 Å². The maximum atomic E-state index is 14.2. The molecule has 0 fully saturated rings. The summed E-state index contributed by atoms with van der Waals surface area (Å²) in [5.74, 6) is -0.229. The van der Waals surface area contributed by atoms with Gasteiger partial charge in [0.1, 0.15) is 5.83 Å². The third-order valence-electron chi connectivity index (χ3n) is 3.19. The Labute approximate surface area is 125 Å². The molecule has 0 aliphatic heterocycles. The first-order chi connectivity index (χ1) is 9.72. The highest BCUT2D eigenvalue weighted by Gasteiger charge is 2.01. The second kappa shape index (κ2) is 5.59. The molecule has 3 aromatic carbocycles. The lowest BCUT2D eigenvalue weighted by molar-refractivity contribution is 0.765. The lowest BCUT2D eigenvalue weighted by atomic mass is 10.1. The molecule has 0 radical (unpaired) electrons. The summed E-state index contributed by atoms with van der Waals surface area (Å²) < 4.78 is 15.1. The van der Waals surface area contributed by atoms with Crippen molar-refractivity contribution in [1.82, 2.24) is 0 Å². The molecule has 98 valence electrons. The van der Waals surface area contributed by atoms with E-state index in [1.54, 1.807) is 18.2 Å². The molecular formula is C18H12BrF. The zero-order chi connectivity index (χ0) is 13.9. The zero-order valence-corrected chi connectivity index (χ0v) is 12.3. The minimum Gasteiger partial charge on any atom is -0.206 e. The van der Waals surface area contributed by atoms with Gasteiger partial charge in [0, 0.05) is 10.0 Å². The van der Waals surface area contributed by atoms with Crippen molar-refractivity contribution in [2.75, 3.05) is 0 Å². The summed E-state index contributed by atoms with van der Waals surface area (Å²) in [6.45, 7) is 0. The van der Waals surface area contributed by atoms with Gasteiger partial charge in [0.25, 0.3) is 0 Å². The highest BCUT2D eigenvalue weighted by Crippen LogP contribution is 2.23. The number of hydrogen-bond acceptors (Lipinski definition) is 0. The molecule has 0 saturated heterocycles. The number of halogens is 2. The summed E-state index contributed by atoms with van der Waals surface area (Å²) in [6.07, 6.45) is 1.57. The van der Waals surface area contributed by atoms with E-state index in [9.17, 15) is 4.39 Å². The fourth-order valence-corrected chi connectivity index (χ4v) is 2.40. The number of fused-ring (bicyclic) bond motifs is 1. The molecule has 0 bridgehead atoms. The first-order valence-corrected chi connectivity index (χ1v) is 7.14. The molecule has 0 unspecified atom stereocenters. The zero-order valence-electron chi connectivity index (χ0n) is 10.7. The molecule has 0 heterocycles. The van der Waals surface area contributed by atoms with Gasteiger partial charge >= 0.3 is 0 Å². The molecule has 3 aromatic rings. The average molecular weight is 327 g/mol. The molecule has 0 atom stereocenters. The third kappa shape index (κ3) is 2.81. The van der Waals surface area contributed by atoms with Crippen LogP contribution in [0.3, 0.4) is 0 Å². The second-order valence-corrected chi connectivity index (χ2v) is 5.52. The molecule has 0 N–H and O–H groups in total. The molecule has 0 spiro atoms. The summed E-state index contributed by atoms with van der Waals surface area (Å²) in [5, 5.41) is 2.28. The number of hydrogen-bond donors (Lipinski definition) is 0. The maximum absolute atomic E-state index is 14.2. The largest absolute Gasteiger partial charge is 0.206 e. The van der Waals surface area contributed by atoms with Gasteiger partial charge in [0.05, 0.1) is 0 Å². The highest BCUT2D eigenvalue weighted by molar-refractivity contribution is 9.10. The van der Waals surface area contributed by atoms with Crippen LogP contribution < -0.4 is 0 Å². The quantitative estimate of drug-likeness (QED) is 0.501. The fourth-order valence-electron chi connectivity index (χ4n) is 2.14. The van der Waals surface area contributed by atoms with E-state index < -0.39 is 0 Å². The van der Waals surface area contributed by atoms with Crippen molar-refractivity contribution < 1.29 is 4.39 Å². The summed E-state index contributed by atoms with van der Waals surface area (Å²) in [7, 11) is 0. The van der Waals surface area contributed by atoms with Crippen molar-refractivity contribution in [2.45, 2.75) is 0 Å². The first-order valence-electron chi connectivity index (χ1n) is 6.34. The Kier molecular flexibility index (Phi) is 3.66. The Hall–Kier alpha value is -1.93. The first kappa shape index (κ1) is 13.1. The highest BCUT2D eigenvalue weighted by atomic mass is 79.9. The van der Waals surface area contributed by atoms with Gasteiger partial charge in [0.2, 0.25) is 0 Å². The third-order valence-corrected chi connectivity index (χ3v) is 3.72. The average Bonchev–Trinajstić information content (AvgIpc) is 2.48. The Morgan fingerprint density at radius 1 is 0.850 bits per heavy atom. The minimum atomic E-state index is -0.229. The molecule has 3 rings (SSSR count). The Balaban J connectivity index is 1.98. The molecule has 2 heteroatoms. The predicted molar refractivity (Wildman–Crippen MR) is 87.1 cm³/mol. The van der Waals surface area contributed by atoms with Crippen molar-refractivity contribution in [1.29, 1.82) is 0 Å². The summed E-state index contributed by atoms with van der Waals surface area (Å²) in [5.41, 5.74) is 1.45. The van der Waals surface area contributed by atoms with E-state index in [0.717, 1.165) is 20.8 Å². The Morgan fingerprint density at radius 2 is 1.55 bits per heavy atom. The smallest absolute Gasteiger partial charge is 0.131 e. The Morgan fingerprint density at radius 3 is 2.30 bits per heavy atom. The summed E-state index contributed by atoms with van der Waals surface area (Å²) in [4.78, 5) is 0. The standard InChI is InChI=1S/C18H12BrF/c19-17-9-7-15(8-10-17)18(20)12-13-5-6-14-3-1-2-4-16(14)11-13/h1-12H/b18-12-. The van der Waals surface area contributed by atoms with Crippen LogP contribution in [0.5, 0.6) is 0 Å². The summed E-state index contributed by atoms with van der Waals surface area (Å²) in [6, 6.07) is 21.2. The fraction of sp³-hybridized carbons (Fsp3) is 0. The van der Waals surface area contributed by atoms with Gasteiger partial charge in [-0.3, -0.25) is 0 Å². The van der Waals surface area contributed by atoms with Crippen LogP contribution in [0.15, 0.2) is 71.2 Å². The monoisotopic (exact) mass is 326 g/mol. The van der Waals surface area contributed by atoms with Crippen LogP contribution in [-0.2, 0) is 0 Å². The summed E-state index contributed by atoms with van der Waals surface area (Å²) >= 11 is 3.35. The molecular weight excluding hydrogens is 315 g/mol. The van der Waals surface area contributed by atoms with Crippen LogP contribution in [0, 0.1) is 0 Å². The molecule has 0 saturated carbocycles. The van der Waals surface area contributed by atoms with Gasteiger partial charge in [-0.05, 0) is 40.6 Å². The minimum absolute atomic E-state index is 0.229. The topological polar surface area (TPSA) is 0 Å². The maximum Gasteiger partial charge on any atom is 0.131 e. The van der Waals surface area contributed by atoms with E-state index in [-0.39, 0.29) is 5.83 Å². The van der Waals surface area contributed by atoms with Crippen LogP contribution in [0.1, 0.15) is 11.1 Å². The van der Waals surface area contributed by atoms with Crippen LogP contribution in [-0.4, -0.2) is 0 Å². The molecule has 0 nitrogen and oxygen atoms in total. The van der Waals surface area contributed by atoms with E-state index in [2.05, 4.69) is 15.9 Å². The molecule has 0 aliphatic rings. The normalized spacial score (nSPS) is 11.8.